The number of rotatable bonds is 8. The van der Waals surface area contributed by atoms with Gasteiger partial charge in [-0.05, 0) is 31.2 Å². The van der Waals surface area contributed by atoms with Crippen LogP contribution in [-0.4, -0.2) is 32.2 Å². The highest BCUT2D eigenvalue weighted by Crippen LogP contribution is 2.40. The van der Waals surface area contributed by atoms with E-state index in [1.165, 1.54) is 21.3 Å². The molecule has 0 fully saturated rings. The lowest BCUT2D eigenvalue weighted by Crippen LogP contribution is -2.12. The minimum Gasteiger partial charge on any atom is -0.493 e. The molecule has 0 unspecified atom stereocenters. The molecule has 0 aliphatic carbocycles. The van der Waals surface area contributed by atoms with Gasteiger partial charge in [-0.3, -0.25) is 4.79 Å². The monoisotopic (exact) mass is 414 g/mol. The number of amides is 1. The molecule has 1 heterocycles. The van der Waals surface area contributed by atoms with Gasteiger partial charge in [-0.25, -0.2) is 4.98 Å². The molecule has 0 bridgehead atoms. The molecule has 0 saturated carbocycles. The number of anilines is 1. The fourth-order valence-electron chi connectivity index (χ4n) is 2.67. The third kappa shape index (κ3) is 4.97. The zero-order chi connectivity index (χ0) is 20.8. The zero-order valence-electron chi connectivity index (χ0n) is 16.6. The van der Waals surface area contributed by atoms with Gasteiger partial charge in [0.15, 0.2) is 11.5 Å². The molecule has 1 amide bonds. The standard InChI is InChI=1S/C21H22N2O5S/c1-13-12-29-19(22-13)11-28-16-7-5-14(6-8-16)21(24)23-15-9-17(25-2)20(27-4)18(10-15)26-3/h5-10,12H,11H2,1-4H3,(H,23,24). The Hall–Kier alpha value is -3.26. The highest BCUT2D eigenvalue weighted by Gasteiger charge is 2.15. The Balaban J connectivity index is 1.67. The van der Waals surface area contributed by atoms with Gasteiger partial charge in [-0.2, -0.15) is 0 Å². The van der Waals surface area contributed by atoms with E-state index in [-0.39, 0.29) is 5.91 Å². The Labute approximate surface area is 173 Å². The van der Waals surface area contributed by atoms with E-state index in [1.54, 1.807) is 47.7 Å². The van der Waals surface area contributed by atoms with Crippen LogP contribution in [0, 0.1) is 6.92 Å². The molecule has 152 valence electrons. The van der Waals surface area contributed by atoms with Gasteiger partial charge in [0.2, 0.25) is 5.75 Å². The van der Waals surface area contributed by atoms with Crippen molar-refractivity contribution in [1.29, 1.82) is 0 Å². The summed E-state index contributed by atoms with van der Waals surface area (Å²) in [5.74, 6) is 1.79. The average Bonchev–Trinajstić information content (AvgIpc) is 3.16. The van der Waals surface area contributed by atoms with E-state index in [9.17, 15) is 4.79 Å². The predicted octanol–water partition coefficient (Wildman–Crippen LogP) is 4.31. The molecule has 7 nitrogen and oxygen atoms in total. The van der Waals surface area contributed by atoms with E-state index in [0.717, 1.165) is 10.7 Å². The highest BCUT2D eigenvalue weighted by molar-refractivity contribution is 7.09. The minimum atomic E-state index is -0.263. The second-order valence-electron chi connectivity index (χ2n) is 6.06. The van der Waals surface area contributed by atoms with Crippen molar-refractivity contribution < 1.29 is 23.7 Å². The van der Waals surface area contributed by atoms with E-state index in [4.69, 9.17) is 18.9 Å². The Kier molecular flexibility index (Phi) is 6.56. The van der Waals surface area contributed by atoms with E-state index in [1.807, 2.05) is 12.3 Å². The maximum atomic E-state index is 12.6. The molecule has 0 spiro atoms. The number of benzene rings is 2. The summed E-state index contributed by atoms with van der Waals surface area (Å²) in [5.41, 5.74) is 2.01. The van der Waals surface area contributed by atoms with Crippen LogP contribution in [0.25, 0.3) is 0 Å². The second-order valence-corrected chi connectivity index (χ2v) is 7.01. The fraction of sp³-hybridized carbons (Fsp3) is 0.238. The normalized spacial score (nSPS) is 10.3. The lowest BCUT2D eigenvalue weighted by molar-refractivity contribution is 0.102. The first kappa shape index (κ1) is 20.5. The summed E-state index contributed by atoms with van der Waals surface area (Å²) in [4.78, 5) is 16.9. The molecule has 3 aromatic rings. The summed E-state index contributed by atoms with van der Waals surface area (Å²) in [6.45, 7) is 2.34. The summed E-state index contributed by atoms with van der Waals surface area (Å²) >= 11 is 1.56. The molecule has 8 heteroatoms. The Morgan fingerprint density at radius 3 is 2.21 bits per heavy atom. The molecular weight excluding hydrogens is 392 g/mol. The van der Waals surface area contributed by atoms with Crippen LogP contribution in [0.1, 0.15) is 21.1 Å². The number of hydrogen-bond acceptors (Lipinski definition) is 7. The number of thiazole rings is 1. The second kappa shape index (κ2) is 9.29. The van der Waals surface area contributed by atoms with Crippen LogP contribution >= 0.6 is 11.3 Å². The van der Waals surface area contributed by atoms with Gasteiger partial charge in [0.25, 0.3) is 5.91 Å². The first-order chi connectivity index (χ1) is 14.0. The number of carbonyl (C=O) groups excluding carboxylic acids is 1. The van der Waals surface area contributed by atoms with Gasteiger partial charge in [0.05, 0.1) is 21.3 Å². The Bertz CT molecular complexity index is 960. The van der Waals surface area contributed by atoms with Crippen LogP contribution in [-0.2, 0) is 6.61 Å². The Morgan fingerprint density at radius 2 is 1.69 bits per heavy atom. The van der Waals surface area contributed by atoms with Crippen LogP contribution in [0.4, 0.5) is 5.69 Å². The lowest BCUT2D eigenvalue weighted by atomic mass is 10.2. The van der Waals surface area contributed by atoms with Crippen molar-refractivity contribution in [1.82, 2.24) is 4.98 Å². The summed E-state index contributed by atoms with van der Waals surface area (Å²) in [5, 5.41) is 5.73. The SMILES string of the molecule is COc1cc(NC(=O)c2ccc(OCc3nc(C)cs3)cc2)cc(OC)c1OC. The van der Waals surface area contributed by atoms with Crippen molar-refractivity contribution in [3.8, 4) is 23.0 Å². The summed E-state index contributed by atoms with van der Waals surface area (Å²) in [6, 6.07) is 10.3. The van der Waals surface area contributed by atoms with Crippen LogP contribution < -0.4 is 24.3 Å². The summed E-state index contributed by atoms with van der Waals surface area (Å²) in [6.07, 6.45) is 0. The molecular formula is C21H22N2O5S. The van der Waals surface area contributed by atoms with E-state index in [2.05, 4.69) is 10.3 Å². The largest absolute Gasteiger partial charge is 0.493 e. The molecule has 2 aromatic carbocycles. The number of nitrogens with one attached hydrogen (secondary N) is 1. The van der Waals surface area contributed by atoms with Gasteiger partial charge >= 0.3 is 0 Å². The van der Waals surface area contributed by atoms with Gasteiger partial charge in [0, 0.05) is 34.5 Å². The first-order valence-electron chi connectivity index (χ1n) is 8.79. The van der Waals surface area contributed by atoms with Gasteiger partial charge < -0.3 is 24.3 Å². The maximum Gasteiger partial charge on any atom is 0.255 e. The number of methoxy groups -OCH3 is 3. The minimum absolute atomic E-state index is 0.263. The summed E-state index contributed by atoms with van der Waals surface area (Å²) in [7, 11) is 4.57. The fourth-order valence-corrected chi connectivity index (χ4v) is 3.36. The topological polar surface area (TPSA) is 78.9 Å². The number of carbonyl (C=O) groups is 1. The molecule has 0 aliphatic heterocycles. The van der Waals surface area contributed by atoms with Crippen LogP contribution in [0.3, 0.4) is 0 Å². The number of aromatic nitrogens is 1. The van der Waals surface area contributed by atoms with E-state index < -0.39 is 0 Å². The van der Waals surface area contributed by atoms with Crippen LogP contribution in [0.5, 0.6) is 23.0 Å². The van der Waals surface area contributed by atoms with Gasteiger partial charge in [-0.15, -0.1) is 11.3 Å². The predicted molar refractivity (Wildman–Crippen MR) is 112 cm³/mol. The first-order valence-corrected chi connectivity index (χ1v) is 9.67. The quantitative estimate of drug-likeness (QED) is 0.592. The third-order valence-corrected chi connectivity index (χ3v) is 5.01. The van der Waals surface area contributed by atoms with Crippen molar-refractivity contribution >= 4 is 22.9 Å². The summed E-state index contributed by atoms with van der Waals surface area (Å²) < 4.78 is 21.6. The molecule has 0 aliphatic rings. The van der Waals surface area contributed by atoms with Crippen LogP contribution in [0.15, 0.2) is 41.8 Å². The highest BCUT2D eigenvalue weighted by atomic mass is 32.1. The molecule has 0 radical (unpaired) electrons. The number of aryl methyl sites for hydroxylation is 1. The van der Waals surface area contributed by atoms with E-state index in [0.29, 0.717) is 40.9 Å². The molecule has 0 atom stereocenters. The maximum absolute atomic E-state index is 12.6. The molecule has 29 heavy (non-hydrogen) atoms. The van der Waals surface area contributed by atoms with Crippen molar-refractivity contribution in [2.75, 3.05) is 26.6 Å². The van der Waals surface area contributed by atoms with Crippen molar-refractivity contribution in [3.63, 3.8) is 0 Å². The third-order valence-electron chi connectivity index (χ3n) is 4.07. The van der Waals surface area contributed by atoms with Crippen molar-refractivity contribution in [3.05, 3.63) is 58.0 Å². The van der Waals surface area contributed by atoms with Gasteiger partial charge in [0.1, 0.15) is 17.4 Å². The number of nitrogens with zero attached hydrogens (tertiary/aromatic N) is 1. The molecule has 1 aromatic heterocycles. The number of hydrogen-bond donors (Lipinski definition) is 1. The van der Waals surface area contributed by atoms with Crippen molar-refractivity contribution in [2.24, 2.45) is 0 Å². The van der Waals surface area contributed by atoms with E-state index >= 15 is 0 Å². The molecule has 3 rings (SSSR count). The van der Waals surface area contributed by atoms with Crippen LogP contribution in [0.2, 0.25) is 0 Å². The lowest BCUT2D eigenvalue weighted by Gasteiger charge is -2.14. The molecule has 0 saturated heterocycles. The Morgan fingerprint density at radius 1 is 1.03 bits per heavy atom. The average molecular weight is 414 g/mol. The smallest absolute Gasteiger partial charge is 0.255 e. The van der Waals surface area contributed by atoms with Crippen molar-refractivity contribution in [2.45, 2.75) is 13.5 Å². The molecule has 1 N–H and O–H groups in total. The number of ether oxygens (including phenoxy) is 4. The zero-order valence-corrected chi connectivity index (χ0v) is 17.5. The van der Waals surface area contributed by atoms with Gasteiger partial charge in [-0.1, -0.05) is 0 Å².